The van der Waals surface area contributed by atoms with E-state index in [0.29, 0.717) is 12.1 Å². The van der Waals surface area contributed by atoms with Crippen LogP contribution >= 0.6 is 0 Å². The van der Waals surface area contributed by atoms with Crippen molar-refractivity contribution < 1.29 is 14.3 Å². The van der Waals surface area contributed by atoms with E-state index in [1.54, 1.807) is 24.3 Å². The highest BCUT2D eigenvalue weighted by Gasteiger charge is 2.17. The number of hydrogen-bond acceptors (Lipinski definition) is 4. The molecular weight excluding hydrogens is 316 g/mol. The first-order valence-corrected chi connectivity index (χ1v) is 8.27. The van der Waals surface area contributed by atoms with Crippen molar-refractivity contribution >= 4 is 17.6 Å². The Balaban J connectivity index is 1.95. The minimum absolute atomic E-state index is 0.0240. The average Bonchev–Trinajstić information content (AvgIpc) is 2.64. The topological polar surface area (TPSA) is 58.6 Å². The lowest BCUT2D eigenvalue weighted by molar-refractivity contribution is -0.131. The molecule has 0 heterocycles. The Bertz CT molecular complexity index is 697. The van der Waals surface area contributed by atoms with Crippen molar-refractivity contribution in [2.45, 2.75) is 26.4 Å². The Labute approximate surface area is 148 Å². The van der Waals surface area contributed by atoms with Crippen LogP contribution in [0.3, 0.4) is 0 Å². The molecule has 0 unspecified atom stereocenters. The number of carbonyl (C=O) groups excluding carboxylic acids is 2. The maximum absolute atomic E-state index is 12.6. The molecule has 5 nitrogen and oxygen atoms in total. The quantitative estimate of drug-likeness (QED) is 0.786. The number of carbonyl (C=O) groups is 2. The summed E-state index contributed by atoms with van der Waals surface area (Å²) in [6, 6.07) is 16.9. The van der Waals surface area contributed by atoms with Gasteiger partial charge in [0.1, 0.15) is 0 Å². The molecule has 2 aromatic carbocycles. The van der Waals surface area contributed by atoms with E-state index >= 15 is 0 Å². The summed E-state index contributed by atoms with van der Waals surface area (Å²) in [7, 11) is 1.35. The van der Waals surface area contributed by atoms with Gasteiger partial charge in [-0.3, -0.25) is 4.79 Å². The van der Waals surface area contributed by atoms with Gasteiger partial charge < -0.3 is 15.0 Å². The minimum atomic E-state index is -0.378. The summed E-state index contributed by atoms with van der Waals surface area (Å²) in [4.78, 5) is 25.8. The second-order valence-electron chi connectivity index (χ2n) is 6.02. The highest BCUT2D eigenvalue weighted by molar-refractivity contribution is 5.89. The van der Waals surface area contributed by atoms with Crippen LogP contribution in [0.4, 0.5) is 5.69 Å². The first-order valence-electron chi connectivity index (χ1n) is 8.27. The van der Waals surface area contributed by atoms with E-state index in [2.05, 4.69) is 10.1 Å². The van der Waals surface area contributed by atoms with Crippen LogP contribution < -0.4 is 5.32 Å². The van der Waals surface area contributed by atoms with Crippen LogP contribution in [0, 0.1) is 0 Å². The number of esters is 1. The van der Waals surface area contributed by atoms with Crippen LogP contribution in [0.25, 0.3) is 0 Å². The summed E-state index contributed by atoms with van der Waals surface area (Å²) < 4.78 is 4.67. The van der Waals surface area contributed by atoms with Crippen LogP contribution in [-0.2, 0) is 16.1 Å². The SMILES string of the molecule is COC(=O)c1ccc(NCC(=O)N(Cc2ccccc2)C(C)C)cc1. The third-order valence-corrected chi connectivity index (χ3v) is 3.89. The smallest absolute Gasteiger partial charge is 0.337 e. The van der Waals surface area contributed by atoms with Crippen molar-refractivity contribution in [3.8, 4) is 0 Å². The Hall–Kier alpha value is -2.82. The third-order valence-electron chi connectivity index (χ3n) is 3.89. The minimum Gasteiger partial charge on any atom is -0.465 e. The molecule has 0 aliphatic rings. The van der Waals surface area contributed by atoms with E-state index in [9.17, 15) is 9.59 Å². The van der Waals surface area contributed by atoms with Crippen LogP contribution in [0.1, 0.15) is 29.8 Å². The first-order chi connectivity index (χ1) is 12.0. The average molecular weight is 340 g/mol. The van der Waals surface area contributed by atoms with Gasteiger partial charge in [-0.1, -0.05) is 30.3 Å². The molecule has 2 aromatic rings. The molecule has 132 valence electrons. The zero-order valence-corrected chi connectivity index (χ0v) is 14.9. The molecule has 0 bridgehead atoms. The Kier molecular flexibility index (Phi) is 6.57. The highest BCUT2D eigenvalue weighted by Crippen LogP contribution is 2.12. The van der Waals surface area contributed by atoms with E-state index in [-0.39, 0.29) is 24.5 Å². The molecule has 0 radical (unpaired) electrons. The number of benzene rings is 2. The number of ether oxygens (including phenoxy) is 1. The molecule has 0 spiro atoms. The van der Waals surface area contributed by atoms with Gasteiger partial charge in [-0.15, -0.1) is 0 Å². The molecule has 0 saturated heterocycles. The number of nitrogens with one attached hydrogen (secondary N) is 1. The molecule has 0 atom stereocenters. The molecule has 0 aliphatic carbocycles. The zero-order chi connectivity index (χ0) is 18.2. The van der Waals surface area contributed by atoms with E-state index < -0.39 is 0 Å². The molecule has 5 heteroatoms. The predicted octanol–water partition coefficient (Wildman–Crippen LogP) is 3.32. The fourth-order valence-electron chi connectivity index (χ4n) is 2.46. The fraction of sp³-hybridized carbons (Fsp3) is 0.300. The van der Waals surface area contributed by atoms with Gasteiger partial charge in [-0.05, 0) is 43.7 Å². The molecule has 0 fully saturated rings. The summed E-state index contributed by atoms with van der Waals surface area (Å²) in [5, 5.41) is 3.11. The van der Waals surface area contributed by atoms with Crippen molar-refractivity contribution in [3.63, 3.8) is 0 Å². The largest absolute Gasteiger partial charge is 0.465 e. The van der Waals surface area contributed by atoms with Gasteiger partial charge in [0.2, 0.25) is 5.91 Å². The number of hydrogen-bond donors (Lipinski definition) is 1. The summed E-state index contributed by atoms with van der Waals surface area (Å²) in [6.45, 7) is 4.79. The van der Waals surface area contributed by atoms with Gasteiger partial charge in [0.15, 0.2) is 0 Å². The monoisotopic (exact) mass is 340 g/mol. The molecular formula is C20H24N2O3. The van der Waals surface area contributed by atoms with Gasteiger partial charge in [0.25, 0.3) is 0 Å². The van der Waals surface area contributed by atoms with Crippen LogP contribution in [0.2, 0.25) is 0 Å². The van der Waals surface area contributed by atoms with E-state index in [1.807, 2.05) is 49.1 Å². The molecule has 0 aliphatic heterocycles. The lowest BCUT2D eigenvalue weighted by atomic mass is 10.2. The summed E-state index contributed by atoms with van der Waals surface area (Å²) in [6.07, 6.45) is 0. The lowest BCUT2D eigenvalue weighted by Gasteiger charge is -2.27. The summed E-state index contributed by atoms with van der Waals surface area (Å²) >= 11 is 0. The highest BCUT2D eigenvalue weighted by atomic mass is 16.5. The number of anilines is 1. The van der Waals surface area contributed by atoms with Gasteiger partial charge in [0, 0.05) is 18.3 Å². The summed E-state index contributed by atoms with van der Waals surface area (Å²) in [5.41, 5.74) is 2.36. The molecule has 25 heavy (non-hydrogen) atoms. The number of methoxy groups -OCH3 is 1. The number of rotatable bonds is 7. The van der Waals surface area contributed by atoms with Gasteiger partial charge in [0.05, 0.1) is 19.2 Å². The van der Waals surface area contributed by atoms with Gasteiger partial charge >= 0.3 is 5.97 Å². The van der Waals surface area contributed by atoms with E-state index in [0.717, 1.165) is 11.3 Å². The Morgan fingerprint density at radius 3 is 2.24 bits per heavy atom. The van der Waals surface area contributed by atoms with Crippen LogP contribution in [0.15, 0.2) is 54.6 Å². The lowest BCUT2D eigenvalue weighted by Crippen LogP contribution is -2.39. The van der Waals surface area contributed by atoms with E-state index in [4.69, 9.17) is 0 Å². The second-order valence-corrected chi connectivity index (χ2v) is 6.02. The first kappa shape index (κ1) is 18.5. The molecule has 0 saturated carbocycles. The molecule has 0 aromatic heterocycles. The number of amides is 1. The Morgan fingerprint density at radius 1 is 1.04 bits per heavy atom. The van der Waals surface area contributed by atoms with Gasteiger partial charge in [-0.2, -0.15) is 0 Å². The predicted molar refractivity (Wildman–Crippen MR) is 98.4 cm³/mol. The van der Waals surface area contributed by atoms with Crippen molar-refractivity contribution in [1.29, 1.82) is 0 Å². The zero-order valence-electron chi connectivity index (χ0n) is 14.9. The number of nitrogens with zero attached hydrogens (tertiary/aromatic N) is 1. The molecule has 1 amide bonds. The standard InChI is InChI=1S/C20H24N2O3/c1-15(2)22(14-16-7-5-4-6-8-16)19(23)13-21-18-11-9-17(10-12-18)20(24)25-3/h4-12,15,21H,13-14H2,1-3H3. The Morgan fingerprint density at radius 2 is 1.68 bits per heavy atom. The van der Waals surface area contributed by atoms with E-state index in [1.165, 1.54) is 7.11 Å². The fourth-order valence-corrected chi connectivity index (χ4v) is 2.46. The van der Waals surface area contributed by atoms with Crippen molar-refractivity contribution in [3.05, 3.63) is 65.7 Å². The van der Waals surface area contributed by atoms with Crippen molar-refractivity contribution in [2.75, 3.05) is 19.0 Å². The second kappa shape index (κ2) is 8.87. The summed E-state index contributed by atoms with van der Waals surface area (Å²) in [5.74, 6) is -0.354. The normalized spacial score (nSPS) is 10.4. The van der Waals surface area contributed by atoms with Crippen molar-refractivity contribution in [1.82, 2.24) is 4.90 Å². The maximum Gasteiger partial charge on any atom is 0.337 e. The van der Waals surface area contributed by atoms with Crippen molar-refractivity contribution in [2.24, 2.45) is 0 Å². The molecule has 2 rings (SSSR count). The third kappa shape index (κ3) is 5.35. The van der Waals surface area contributed by atoms with Gasteiger partial charge in [-0.25, -0.2) is 4.79 Å². The van der Waals surface area contributed by atoms with Crippen LogP contribution in [0.5, 0.6) is 0 Å². The van der Waals surface area contributed by atoms with Crippen LogP contribution in [-0.4, -0.2) is 36.5 Å². The maximum atomic E-state index is 12.6. The molecule has 1 N–H and O–H groups in total.